The van der Waals surface area contributed by atoms with Crippen LogP contribution in [0, 0.1) is 0 Å². The third-order valence-corrected chi connectivity index (χ3v) is 0. The van der Waals surface area contributed by atoms with Gasteiger partial charge < -0.3 is 11.0 Å². The van der Waals surface area contributed by atoms with Crippen molar-refractivity contribution < 1.29 is 28.0 Å². The van der Waals surface area contributed by atoms with Gasteiger partial charge in [-0.25, -0.2) is 0 Å². The van der Waals surface area contributed by atoms with Crippen molar-refractivity contribution in [2.75, 3.05) is 0 Å². The third kappa shape index (κ3) is 21.2. The molecule has 0 aromatic carbocycles. The maximum Gasteiger partial charge on any atom is 2.00 e. The predicted octanol–water partition coefficient (Wildman–Crippen LogP) is -1.00. The topological polar surface area (TPSA) is 57.0 Å². The van der Waals surface area contributed by atoms with Crippen molar-refractivity contribution in [3.8, 4) is 0 Å². The first-order valence-electron chi connectivity index (χ1n) is 0. The van der Waals surface area contributed by atoms with Gasteiger partial charge in [-0.3, -0.25) is 0 Å². The Balaban J connectivity index is 0. The van der Waals surface area contributed by atoms with E-state index in [0.29, 0.717) is 0 Å². The van der Waals surface area contributed by atoms with Gasteiger partial charge in [-0.15, -0.1) is 0 Å². The van der Waals surface area contributed by atoms with Crippen LogP contribution in [0.3, 0.4) is 0 Å². The van der Waals surface area contributed by atoms with Crippen molar-refractivity contribution in [1.82, 2.24) is 0 Å². The van der Waals surface area contributed by atoms with Crippen LogP contribution >= 0.6 is 0 Å². The van der Waals surface area contributed by atoms with Gasteiger partial charge in [-0.05, 0) is 0 Å². The van der Waals surface area contributed by atoms with Gasteiger partial charge in [-0.2, -0.15) is 0 Å². The van der Waals surface area contributed by atoms with Crippen LogP contribution in [-0.4, -0.2) is 60.8 Å². The molecule has 5 heavy (non-hydrogen) atoms. The molecule has 0 amide bonds. The van der Waals surface area contributed by atoms with Gasteiger partial charge in [0.2, 0.25) is 0 Å². The smallest absolute Gasteiger partial charge is 2.00 e. The van der Waals surface area contributed by atoms with Crippen molar-refractivity contribution in [2.45, 2.75) is 0 Å². The fourth-order valence-corrected chi connectivity index (χ4v) is 0. The minimum Gasteiger partial charge on any atom is -2.00 e. The molecule has 0 saturated carbocycles. The molecule has 0 spiro atoms. The van der Waals surface area contributed by atoms with Gasteiger partial charge >= 0.3 is 60.8 Å². The Morgan fingerprint density at radius 2 is 0.800 bits per heavy atom. The predicted molar refractivity (Wildman–Crippen MR) is 12.9 cm³/mol. The van der Waals surface area contributed by atoms with Gasteiger partial charge in [0, 0.05) is 17.1 Å². The van der Waals surface area contributed by atoms with E-state index >= 15 is 0 Å². The van der Waals surface area contributed by atoms with Crippen molar-refractivity contribution >= 4 is 60.8 Å². The Kier molecular flexibility index (Phi) is 326. The molecule has 0 radical (unpaired) electrons. The van der Waals surface area contributed by atoms with E-state index in [4.69, 9.17) is 0 Å². The monoisotopic (exact) mass is 152 g/mol. The average molecular weight is 152 g/mol. The van der Waals surface area contributed by atoms with Crippen LogP contribution in [0.4, 0.5) is 0 Å². The van der Waals surface area contributed by atoms with E-state index in [2.05, 4.69) is 0 Å². The zero-order valence-corrected chi connectivity index (χ0v) is 7.31. The molecule has 0 aromatic rings. The molecule has 0 bridgehead atoms. The minimum absolute atomic E-state index is 0. The molecule has 0 aliphatic rings. The standard InChI is InChI=1S/Ca.Fe.Mg.2O/q+2;;+2;2*-2. The van der Waals surface area contributed by atoms with Crippen LogP contribution in [0.5, 0.6) is 0 Å². The molecule has 0 aromatic heterocycles. The first-order chi connectivity index (χ1) is 0. The quantitative estimate of drug-likeness (QED) is 0.400. The second-order valence-electron chi connectivity index (χ2n) is 0. The average Bonchev–Trinajstić information content (AvgIpc) is 0. The van der Waals surface area contributed by atoms with Gasteiger partial charge in [0.05, 0.1) is 0 Å². The molecular formula is CaFeMgO2. The zero-order chi connectivity index (χ0) is 0. The first kappa shape index (κ1) is 51.3. The summed E-state index contributed by atoms with van der Waals surface area (Å²) in [5.74, 6) is 0. The van der Waals surface area contributed by atoms with Crippen molar-refractivity contribution in [3.63, 3.8) is 0 Å². The number of hydrogen-bond donors (Lipinski definition) is 0. The molecule has 0 aliphatic carbocycles. The van der Waals surface area contributed by atoms with E-state index in [-0.39, 0.29) is 88.8 Å². The summed E-state index contributed by atoms with van der Waals surface area (Å²) in [6, 6.07) is 0. The van der Waals surface area contributed by atoms with Crippen molar-refractivity contribution in [2.24, 2.45) is 0 Å². The van der Waals surface area contributed by atoms with Crippen LogP contribution in [0.1, 0.15) is 0 Å². The van der Waals surface area contributed by atoms with E-state index < -0.39 is 0 Å². The molecular weight excluding hydrogens is 152 g/mol. The summed E-state index contributed by atoms with van der Waals surface area (Å²) >= 11 is 0. The Morgan fingerprint density at radius 3 is 0.800 bits per heavy atom. The maximum absolute atomic E-state index is 0. The molecule has 0 unspecified atom stereocenters. The van der Waals surface area contributed by atoms with Crippen LogP contribution in [0.2, 0.25) is 0 Å². The van der Waals surface area contributed by atoms with Crippen LogP contribution < -0.4 is 0 Å². The molecule has 0 aliphatic heterocycles. The van der Waals surface area contributed by atoms with E-state index in [1.54, 1.807) is 0 Å². The molecule has 0 saturated heterocycles. The van der Waals surface area contributed by atoms with Gasteiger partial charge in [0.15, 0.2) is 0 Å². The molecule has 24 valence electrons. The van der Waals surface area contributed by atoms with Crippen LogP contribution in [-0.2, 0) is 28.0 Å². The molecule has 0 N–H and O–H groups in total. The second-order valence-corrected chi connectivity index (χ2v) is 0. The van der Waals surface area contributed by atoms with Gasteiger partial charge in [0.1, 0.15) is 0 Å². The van der Waals surface area contributed by atoms with E-state index in [9.17, 15) is 0 Å². The summed E-state index contributed by atoms with van der Waals surface area (Å²) in [5.41, 5.74) is 0. The normalized spacial score (nSPS) is 0. The Labute approximate surface area is 87.3 Å². The first-order valence-corrected chi connectivity index (χ1v) is 0. The number of hydrogen-bond acceptors (Lipinski definition) is 0. The van der Waals surface area contributed by atoms with E-state index in [1.165, 1.54) is 0 Å². The molecule has 0 fully saturated rings. The van der Waals surface area contributed by atoms with Gasteiger partial charge in [0.25, 0.3) is 0 Å². The summed E-state index contributed by atoms with van der Waals surface area (Å²) < 4.78 is 0. The fourth-order valence-electron chi connectivity index (χ4n) is 0. The summed E-state index contributed by atoms with van der Waals surface area (Å²) in [4.78, 5) is 0. The van der Waals surface area contributed by atoms with Crippen molar-refractivity contribution in [1.29, 1.82) is 0 Å². The third-order valence-electron chi connectivity index (χ3n) is 0. The Bertz CT molecular complexity index is 9.61. The summed E-state index contributed by atoms with van der Waals surface area (Å²) in [6.45, 7) is 0. The van der Waals surface area contributed by atoms with Gasteiger partial charge in [-0.1, -0.05) is 0 Å². The van der Waals surface area contributed by atoms with E-state index in [0.717, 1.165) is 0 Å². The molecule has 0 atom stereocenters. The molecule has 5 heteroatoms. The van der Waals surface area contributed by atoms with Crippen LogP contribution in [0.25, 0.3) is 0 Å². The largest absolute Gasteiger partial charge is 2.00 e. The second kappa shape index (κ2) is 31.8. The molecule has 2 nitrogen and oxygen atoms in total. The molecule has 0 rings (SSSR count). The maximum atomic E-state index is 0. The molecule has 0 heterocycles. The number of rotatable bonds is 0. The summed E-state index contributed by atoms with van der Waals surface area (Å²) in [7, 11) is 0. The Hall–Kier alpha value is 2.47. The van der Waals surface area contributed by atoms with Crippen molar-refractivity contribution in [3.05, 3.63) is 0 Å². The summed E-state index contributed by atoms with van der Waals surface area (Å²) in [6.07, 6.45) is 0. The fraction of sp³-hybridized carbons (Fsp3) is 0. The SMILES string of the molecule is [Ca+2].[Fe].[Mg+2].[O-2].[O-2]. The van der Waals surface area contributed by atoms with E-state index in [1.807, 2.05) is 0 Å². The van der Waals surface area contributed by atoms with Crippen LogP contribution in [0.15, 0.2) is 0 Å². The Morgan fingerprint density at radius 1 is 0.800 bits per heavy atom. The summed E-state index contributed by atoms with van der Waals surface area (Å²) in [5, 5.41) is 0. The zero-order valence-electron chi connectivity index (χ0n) is 2.58. The minimum atomic E-state index is 0.